The summed E-state index contributed by atoms with van der Waals surface area (Å²) < 4.78 is 0. The van der Waals surface area contributed by atoms with E-state index in [9.17, 15) is 14.4 Å². The minimum atomic E-state index is -0.546. The smallest absolute Gasteiger partial charge is 0.272 e. The van der Waals surface area contributed by atoms with Crippen LogP contribution in [0.2, 0.25) is 10.0 Å². The van der Waals surface area contributed by atoms with Gasteiger partial charge in [0.05, 0.1) is 0 Å². The van der Waals surface area contributed by atoms with E-state index in [1.165, 1.54) is 17.8 Å². The second-order valence-electron chi connectivity index (χ2n) is 10.3. The molecule has 0 bridgehead atoms. The fourth-order valence-corrected chi connectivity index (χ4v) is 5.99. The molecule has 0 fully saturated rings. The zero-order valence-electron chi connectivity index (χ0n) is 24.7. The fraction of sp³-hybridized carbons (Fsp3) is 0.0541. The van der Waals surface area contributed by atoms with Gasteiger partial charge in [-0.05, 0) is 90.4 Å². The van der Waals surface area contributed by atoms with E-state index in [0.29, 0.717) is 26.9 Å². The molecule has 3 N–H and O–H groups in total. The number of hydrogen-bond acceptors (Lipinski definition) is 4. The Balaban J connectivity index is 1.34. The normalized spacial score (nSPS) is 11.8. The van der Waals surface area contributed by atoms with E-state index < -0.39 is 17.1 Å². The summed E-state index contributed by atoms with van der Waals surface area (Å²) >= 11 is 13.8. The summed E-state index contributed by atoms with van der Waals surface area (Å²) in [7, 11) is 0. The van der Waals surface area contributed by atoms with Crippen molar-refractivity contribution in [3.63, 3.8) is 0 Å². The summed E-state index contributed by atoms with van der Waals surface area (Å²) in [6.07, 6.45) is 1.50. The lowest BCUT2D eigenvalue weighted by molar-refractivity contribution is -0.116. The highest BCUT2D eigenvalue weighted by atomic mass is 35.5. The van der Waals surface area contributed by atoms with Crippen LogP contribution in [-0.2, 0) is 9.59 Å². The Morgan fingerprint density at radius 1 is 0.717 bits per heavy atom. The van der Waals surface area contributed by atoms with Gasteiger partial charge in [-0.2, -0.15) is 0 Å². The quantitative estimate of drug-likeness (QED) is 0.103. The van der Waals surface area contributed by atoms with Crippen LogP contribution in [0.25, 0.3) is 6.08 Å². The summed E-state index contributed by atoms with van der Waals surface area (Å²) in [5, 5.41) is 8.83. The standard InChI is InChI=1S/C37H29Cl2N3O3S/c1-24-9-8-14-30(21-24)41-37(45)34(25-10-4-2-5-11-25)46-31-19-17-29(18-20-31)40-36(44)33(22-27-15-16-28(38)23-32(27)39)42-35(43)26-12-6-3-7-13-26/h2-23,34H,1H3,(H,40,44)(H,41,45)(H,42,43)/b33-22-. The Morgan fingerprint density at radius 2 is 1.41 bits per heavy atom. The van der Waals surface area contributed by atoms with E-state index in [4.69, 9.17) is 23.2 Å². The van der Waals surface area contributed by atoms with Gasteiger partial charge >= 0.3 is 0 Å². The third kappa shape index (κ3) is 8.88. The predicted molar refractivity (Wildman–Crippen MR) is 188 cm³/mol. The maximum Gasteiger partial charge on any atom is 0.272 e. The van der Waals surface area contributed by atoms with Crippen molar-refractivity contribution in [1.82, 2.24) is 5.32 Å². The van der Waals surface area contributed by atoms with Crippen molar-refractivity contribution in [2.75, 3.05) is 10.6 Å². The number of carbonyl (C=O) groups is 3. The Kier molecular flexibility index (Phi) is 10.9. The number of halogens is 2. The lowest BCUT2D eigenvalue weighted by Gasteiger charge is -2.18. The van der Waals surface area contributed by atoms with Gasteiger partial charge in [-0.1, -0.05) is 89.9 Å². The van der Waals surface area contributed by atoms with Crippen LogP contribution in [0.5, 0.6) is 0 Å². The van der Waals surface area contributed by atoms with Crippen molar-refractivity contribution in [1.29, 1.82) is 0 Å². The van der Waals surface area contributed by atoms with Crippen molar-refractivity contribution in [2.24, 2.45) is 0 Å². The zero-order valence-corrected chi connectivity index (χ0v) is 27.0. The van der Waals surface area contributed by atoms with Gasteiger partial charge < -0.3 is 16.0 Å². The zero-order chi connectivity index (χ0) is 32.5. The molecule has 0 spiro atoms. The Morgan fingerprint density at radius 3 is 2.09 bits per heavy atom. The molecule has 46 heavy (non-hydrogen) atoms. The van der Waals surface area contributed by atoms with Crippen molar-refractivity contribution >= 4 is 70.1 Å². The molecule has 0 heterocycles. The maximum atomic E-state index is 13.5. The molecule has 5 aromatic carbocycles. The van der Waals surface area contributed by atoms with Gasteiger partial charge in [-0.3, -0.25) is 14.4 Å². The van der Waals surface area contributed by atoms with E-state index in [1.54, 1.807) is 60.7 Å². The van der Waals surface area contributed by atoms with Crippen LogP contribution in [-0.4, -0.2) is 17.7 Å². The third-order valence-corrected chi connectivity index (χ3v) is 8.61. The number of benzene rings is 5. The summed E-state index contributed by atoms with van der Waals surface area (Å²) in [5.74, 6) is -1.14. The molecule has 230 valence electrons. The van der Waals surface area contributed by atoms with Crippen molar-refractivity contribution < 1.29 is 14.4 Å². The second-order valence-corrected chi connectivity index (χ2v) is 12.3. The molecule has 5 aromatic rings. The Hall–Kier alpha value is -4.82. The first kappa shape index (κ1) is 32.6. The largest absolute Gasteiger partial charge is 0.325 e. The number of thioether (sulfide) groups is 1. The summed E-state index contributed by atoms with van der Waals surface area (Å²) in [6.45, 7) is 1.97. The number of nitrogens with one attached hydrogen (secondary N) is 3. The van der Waals surface area contributed by atoms with Crippen LogP contribution in [0.3, 0.4) is 0 Å². The number of carbonyl (C=O) groups excluding carboxylic acids is 3. The number of anilines is 2. The lowest BCUT2D eigenvalue weighted by Crippen LogP contribution is -2.30. The maximum absolute atomic E-state index is 13.5. The van der Waals surface area contributed by atoms with Gasteiger partial charge in [0.1, 0.15) is 10.9 Å². The minimum Gasteiger partial charge on any atom is -0.325 e. The molecule has 6 nitrogen and oxygen atoms in total. The SMILES string of the molecule is Cc1cccc(NC(=O)C(Sc2ccc(NC(=O)/C(=C/c3ccc(Cl)cc3Cl)NC(=O)c3ccccc3)cc2)c2ccccc2)c1. The van der Waals surface area contributed by atoms with Crippen molar-refractivity contribution in [2.45, 2.75) is 17.1 Å². The molecule has 0 aliphatic rings. The molecule has 1 unspecified atom stereocenters. The lowest BCUT2D eigenvalue weighted by atomic mass is 10.1. The minimum absolute atomic E-state index is 0.00603. The summed E-state index contributed by atoms with van der Waals surface area (Å²) in [6, 6.07) is 37.8. The first-order valence-electron chi connectivity index (χ1n) is 14.3. The molecule has 0 aliphatic carbocycles. The molecule has 1 atom stereocenters. The van der Waals surface area contributed by atoms with Gasteiger partial charge in [-0.25, -0.2) is 0 Å². The highest BCUT2D eigenvalue weighted by molar-refractivity contribution is 8.00. The molecule has 0 aliphatic heterocycles. The molecule has 5 rings (SSSR count). The van der Waals surface area contributed by atoms with E-state index in [-0.39, 0.29) is 11.6 Å². The molecule has 9 heteroatoms. The van der Waals surface area contributed by atoms with Crippen LogP contribution in [0.1, 0.15) is 32.3 Å². The highest BCUT2D eigenvalue weighted by Gasteiger charge is 2.23. The molecular weight excluding hydrogens is 637 g/mol. The van der Waals surface area contributed by atoms with Crippen LogP contribution in [0.15, 0.2) is 138 Å². The average molecular weight is 667 g/mol. The van der Waals surface area contributed by atoms with Crippen LogP contribution in [0, 0.1) is 6.92 Å². The molecule has 0 saturated carbocycles. The topological polar surface area (TPSA) is 87.3 Å². The van der Waals surface area contributed by atoms with Gasteiger partial charge in [0, 0.05) is 31.9 Å². The van der Waals surface area contributed by atoms with Gasteiger partial charge in [0.15, 0.2) is 0 Å². The second kappa shape index (κ2) is 15.5. The molecule has 3 amide bonds. The molecule has 0 aromatic heterocycles. The molecule has 0 saturated heterocycles. The summed E-state index contributed by atoms with van der Waals surface area (Å²) in [4.78, 5) is 40.7. The number of amides is 3. The van der Waals surface area contributed by atoms with E-state index in [2.05, 4.69) is 16.0 Å². The van der Waals surface area contributed by atoms with Gasteiger partial charge in [0.2, 0.25) is 5.91 Å². The van der Waals surface area contributed by atoms with Gasteiger partial charge in [0.25, 0.3) is 11.8 Å². The van der Waals surface area contributed by atoms with E-state index in [1.807, 2.05) is 73.7 Å². The average Bonchev–Trinajstić information content (AvgIpc) is 3.06. The van der Waals surface area contributed by atoms with Crippen molar-refractivity contribution in [3.8, 4) is 0 Å². The third-order valence-electron chi connectivity index (χ3n) is 6.78. The van der Waals surface area contributed by atoms with Crippen LogP contribution in [0.4, 0.5) is 11.4 Å². The first-order valence-corrected chi connectivity index (χ1v) is 15.9. The summed E-state index contributed by atoms with van der Waals surface area (Å²) in [5.41, 5.74) is 4.03. The van der Waals surface area contributed by atoms with E-state index in [0.717, 1.165) is 21.7 Å². The first-order chi connectivity index (χ1) is 22.2. The van der Waals surface area contributed by atoms with Crippen LogP contribution >= 0.6 is 35.0 Å². The Labute approximate surface area is 281 Å². The molecule has 0 radical (unpaired) electrons. The monoisotopic (exact) mass is 665 g/mol. The number of hydrogen-bond donors (Lipinski definition) is 3. The highest BCUT2D eigenvalue weighted by Crippen LogP contribution is 2.37. The number of aryl methyl sites for hydroxylation is 1. The van der Waals surface area contributed by atoms with E-state index >= 15 is 0 Å². The molecular formula is C37H29Cl2N3O3S. The number of rotatable bonds is 10. The predicted octanol–water partition coefficient (Wildman–Crippen LogP) is 9.18. The van der Waals surface area contributed by atoms with Gasteiger partial charge in [-0.15, -0.1) is 11.8 Å². The van der Waals surface area contributed by atoms with Crippen LogP contribution < -0.4 is 16.0 Å². The fourth-order valence-electron chi connectivity index (χ4n) is 4.50. The van der Waals surface area contributed by atoms with Crippen molar-refractivity contribution in [3.05, 3.63) is 165 Å². The Bertz CT molecular complexity index is 1880.